The van der Waals surface area contributed by atoms with Crippen LogP contribution in [0, 0.1) is 5.92 Å². The molecule has 0 aliphatic rings. The van der Waals surface area contributed by atoms with Crippen molar-refractivity contribution in [3.8, 4) is 11.3 Å². The zero-order chi connectivity index (χ0) is 30.1. The van der Waals surface area contributed by atoms with E-state index < -0.39 is 11.1 Å². The van der Waals surface area contributed by atoms with Crippen molar-refractivity contribution in [3.63, 3.8) is 0 Å². The van der Waals surface area contributed by atoms with Crippen molar-refractivity contribution in [3.05, 3.63) is 186 Å². The lowest BCUT2D eigenvalue weighted by Gasteiger charge is -2.37. The first-order valence-corrected chi connectivity index (χ1v) is 15.0. The smallest absolute Gasteiger partial charge is 0.135 e. The molecule has 2 heterocycles. The predicted molar refractivity (Wildman–Crippen MR) is 176 cm³/mol. The highest BCUT2D eigenvalue weighted by atomic mass is 16.3. The van der Waals surface area contributed by atoms with Crippen LogP contribution >= 0.6 is 0 Å². The van der Waals surface area contributed by atoms with E-state index in [2.05, 4.69) is 108 Å². The average molecular weight is 575 g/mol. The van der Waals surface area contributed by atoms with Crippen molar-refractivity contribution in [2.75, 3.05) is 0 Å². The summed E-state index contributed by atoms with van der Waals surface area (Å²) in [5.74, 6) is 0.684. The van der Waals surface area contributed by atoms with Crippen LogP contribution in [0.2, 0.25) is 0 Å². The summed E-state index contributed by atoms with van der Waals surface area (Å²) < 4.78 is 7.77. The lowest BCUT2D eigenvalue weighted by Crippen LogP contribution is -2.37. The van der Waals surface area contributed by atoms with Crippen LogP contribution in [-0.2, 0) is 11.1 Å². The van der Waals surface area contributed by atoms with Crippen LogP contribution in [0.15, 0.2) is 163 Å². The highest BCUT2D eigenvalue weighted by Crippen LogP contribution is 2.43. The summed E-state index contributed by atoms with van der Waals surface area (Å²) in [5.41, 5.74) is 3.71. The van der Waals surface area contributed by atoms with Crippen molar-refractivity contribution in [1.82, 2.24) is 9.55 Å². The molecule has 44 heavy (non-hydrogen) atoms. The van der Waals surface area contributed by atoms with Gasteiger partial charge in [0.2, 0.25) is 0 Å². The van der Waals surface area contributed by atoms with E-state index in [1.54, 1.807) is 6.26 Å². The first-order valence-electron chi connectivity index (χ1n) is 15.0. The van der Waals surface area contributed by atoms with Gasteiger partial charge < -0.3 is 14.1 Å². The topological polar surface area (TPSA) is 51.2 Å². The second-order valence-corrected chi connectivity index (χ2v) is 11.6. The van der Waals surface area contributed by atoms with Crippen molar-refractivity contribution >= 4 is 10.8 Å². The van der Waals surface area contributed by atoms with Crippen molar-refractivity contribution in [1.29, 1.82) is 0 Å². The molecule has 0 amide bonds. The third-order valence-electron chi connectivity index (χ3n) is 8.86. The van der Waals surface area contributed by atoms with Crippen LogP contribution < -0.4 is 0 Å². The summed E-state index contributed by atoms with van der Waals surface area (Å²) in [5, 5.41) is 14.7. The van der Waals surface area contributed by atoms with E-state index in [4.69, 9.17) is 9.40 Å². The van der Waals surface area contributed by atoms with Gasteiger partial charge >= 0.3 is 0 Å². The van der Waals surface area contributed by atoms with E-state index >= 15 is 0 Å². The monoisotopic (exact) mass is 574 g/mol. The van der Waals surface area contributed by atoms with Gasteiger partial charge in [0.25, 0.3) is 0 Å². The zero-order valence-electron chi connectivity index (χ0n) is 24.8. The third kappa shape index (κ3) is 4.47. The number of benzene rings is 5. The van der Waals surface area contributed by atoms with Crippen LogP contribution in [0.25, 0.3) is 22.1 Å². The fourth-order valence-electron chi connectivity index (χ4n) is 6.54. The van der Waals surface area contributed by atoms with Crippen molar-refractivity contribution in [2.24, 2.45) is 5.92 Å². The number of imidazole rings is 1. The molecule has 5 aromatic carbocycles. The number of fused-ring (bicyclic) bond motifs is 1. The predicted octanol–water partition coefficient (Wildman–Crippen LogP) is 9.03. The highest BCUT2D eigenvalue weighted by molar-refractivity contribution is 5.87. The highest BCUT2D eigenvalue weighted by Gasteiger charge is 2.42. The molecule has 0 radical (unpaired) electrons. The second-order valence-electron chi connectivity index (χ2n) is 11.6. The largest absolute Gasteiger partial charge is 0.464 e. The van der Waals surface area contributed by atoms with E-state index in [0.717, 1.165) is 44.3 Å². The summed E-state index contributed by atoms with van der Waals surface area (Å²) in [6.45, 7) is 4.09. The van der Waals surface area contributed by atoms with Gasteiger partial charge in [-0.2, -0.15) is 0 Å². The number of hydrogen-bond donors (Lipinski definition) is 1. The average Bonchev–Trinajstić information content (AvgIpc) is 3.80. The molecule has 0 spiro atoms. The molecule has 1 atom stereocenters. The van der Waals surface area contributed by atoms with E-state index in [0.29, 0.717) is 5.69 Å². The molecular weight excluding hydrogens is 540 g/mol. The molecule has 216 valence electrons. The molecule has 0 aliphatic heterocycles. The molecule has 0 saturated carbocycles. The summed E-state index contributed by atoms with van der Waals surface area (Å²) in [7, 11) is 0. The SMILES string of the molecule is CC(C)C(O)(c1ccc2cc(-c3ccco3)ccc2c1)c1cn(C(c2ccccc2)(c2ccccc2)c2ccccc2)cn1. The summed E-state index contributed by atoms with van der Waals surface area (Å²) >= 11 is 0. The minimum absolute atomic E-state index is 0.148. The lowest BCUT2D eigenvalue weighted by atomic mass is 9.76. The van der Waals surface area contributed by atoms with Crippen LogP contribution in [0.5, 0.6) is 0 Å². The number of aromatic nitrogens is 2. The maximum Gasteiger partial charge on any atom is 0.135 e. The molecule has 7 rings (SSSR count). The number of furan rings is 1. The Balaban J connectivity index is 1.40. The summed E-state index contributed by atoms with van der Waals surface area (Å²) in [6, 6.07) is 47.8. The van der Waals surface area contributed by atoms with Crippen molar-refractivity contribution in [2.45, 2.75) is 25.0 Å². The molecule has 7 aromatic rings. The van der Waals surface area contributed by atoms with E-state index in [-0.39, 0.29) is 5.92 Å². The van der Waals surface area contributed by atoms with Gasteiger partial charge in [0, 0.05) is 11.8 Å². The molecular formula is C40H34N2O2. The molecule has 0 aliphatic carbocycles. The minimum atomic E-state index is -1.32. The Morgan fingerprint density at radius 3 is 1.75 bits per heavy atom. The van der Waals surface area contributed by atoms with Crippen molar-refractivity contribution < 1.29 is 9.52 Å². The van der Waals surface area contributed by atoms with Crippen LogP contribution in [0.1, 0.15) is 41.8 Å². The maximum absolute atomic E-state index is 12.6. The molecule has 2 aromatic heterocycles. The minimum Gasteiger partial charge on any atom is -0.464 e. The molecule has 4 nitrogen and oxygen atoms in total. The fraction of sp³-hybridized carbons (Fsp3) is 0.125. The Kier molecular flexibility index (Phi) is 7.00. The molecule has 4 heteroatoms. The summed E-state index contributed by atoms with van der Waals surface area (Å²) in [6.07, 6.45) is 5.58. The Morgan fingerprint density at radius 2 is 1.20 bits per heavy atom. The first kappa shape index (κ1) is 27.6. The van der Waals surface area contributed by atoms with Crippen LogP contribution in [0.3, 0.4) is 0 Å². The zero-order valence-corrected chi connectivity index (χ0v) is 24.8. The first-order chi connectivity index (χ1) is 21.5. The number of nitrogens with zero attached hydrogens (tertiary/aromatic N) is 2. The molecule has 0 bridgehead atoms. The summed E-state index contributed by atoms with van der Waals surface area (Å²) in [4.78, 5) is 4.96. The van der Waals surface area contributed by atoms with Gasteiger partial charge in [-0.3, -0.25) is 0 Å². The van der Waals surface area contributed by atoms with Gasteiger partial charge in [0.05, 0.1) is 18.3 Å². The standard InChI is InChI=1S/C40H34N2O2/c1-29(2)40(43,36-23-22-30-25-32(21-20-31(30)26-36)37-19-12-24-44-37)38-27-42(28-41-38)39(33-13-6-3-7-14-33,34-15-8-4-9-16-34)35-17-10-5-11-18-35/h3-29,43H,1-2H3. The van der Waals surface area contributed by atoms with E-state index in [1.807, 2.05) is 62.8 Å². The maximum atomic E-state index is 12.6. The number of aliphatic hydroxyl groups is 1. The van der Waals surface area contributed by atoms with Gasteiger partial charge in [-0.1, -0.05) is 129 Å². The van der Waals surface area contributed by atoms with E-state index in [9.17, 15) is 5.11 Å². The molecule has 0 fully saturated rings. The van der Waals surface area contributed by atoms with Crippen LogP contribution in [-0.4, -0.2) is 14.7 Å². The Labute approximate surface area is 257 Å². The van der Waals surface area contributed by atoms with Gasteiger partial charge in [0.15, 0.2) is 0 Å². The van der Waals surface area contributed by atoms with Gasteiger partial charge in [-0.05, 0) is 63.2 Å². The van der Waals surface area contributed by atoms with Crippen LogP contribution in [0.4, 0.5) is 0 Å². The van der Waals surface area contributed by atoms with Gasteiger partial charge in [0.1, 0.15) is 16.9 Å². The lowest BCUT2D eigenvalue weighted by molar-refractivity contribution is 0.0279. The quantitative estimate of drug-likeness (QED) is 0.184. The molecule has 1 N–H and O–H groups in total. The van der Waals surface area contributed by atoms with E-state index in [1.165, 1.54) is 0 Å². The third-order valence-corrected chi connectivity index (χ3v) is 8.86. The Bertz CT molecular complexity index is 1900. The molecule has 1 unspecified atom stereocenters. The van der Waals surface area contributed by atoms with Gasteiger partial charge in [-0.25, -0.2) is 4.98 Å². The fourth-order valence-corrected chi connectivity index (χ4v) is 6.54. The number of hydrogen-bond acceptors (Lipinski definition) is 3. The normalized spacial score (nSPS) is 13.3. The second kappa shape index (κ2) is 11.1. The number of rotatable bonds is 8. The Hall–Kier alpha value is -5.19. The molecule has 0 saturated heterocycles. The Morgan fingerprint density at radius 1 is 0.636 bits per heavy atom. The van der Waals surface area contributed by atoms with Gasteiger partial charge in [-0.15, -0.1) is 0 Å².